The monoisotopic (exact) mass is 584 g/mol. The SMILES string of the molecule is COCCCC(=O)C(=O)c1ccc(NC(=O)c2cccc(S(=O)(=O)N3CCc4ccc(Cl)cc43)c2)c(C(=O)O)c1. The molecule has 40 heavy (non-hydrogen) atoms. The van der Waals surface area contributed by atoms with Gasteiger partial charge in [-0.2, -0.15) is 0 Å². The van der Waals surface area contributed by atoms with Crippen molar-refractivity contribution >= 4 is 56.4 Å². The van der Waals surface area contributed by atoms with Crippen molar-refractivity contribution in [2.75, 3.05) is 29.9 Å². The summed E-state index contributed by atoms with van der Waals surface area (Å²) in [6.07, 6.45) is 0.803. The predicted octanol–water partition coefficient (Wildman–Crippen LogP) is 4.22. The lowest BCUT2D eigenvalue weighted by atomic mass is 10.0. The van der Waals surface area contributed by atoms with Gasteiger partial charge in [-0.25, -0.2) is 13.2 Å². The highest BCUT2D eigenvalue weighted by molar-refractivity contribution is 7.92. The summed E-state index contributed by atoms with van der Waals surface area (Å²) in [6.45, 7) is 0.517. The van der Waals surface area contributed by atoms with Gasteiger partial charge in [0.05, 0.1) is 21.8 Å². The molecule has 0 bridgehead atoms. The number of carbonyl (C=O) groups excluding carboxylic acids is 3. The van der Waals surface area contributed by atoms with E-state index in [9.17, 15) is 32.7 Å². The van der Waals surface area contributed by atoms with E-state index < -0.39 is 39.0 Å². The molecule has 0 aliphatic carbocycles. The van der Waals surface area contributed by atoms with Crippen LogP contribution in [0.3, 0.4) is 0 Å². The van der Waals surface area contributed by atoms with Crippen LogP contribution < -0.4 is 9.62 Å². The lowest BCUT2D eigenvalue weighted by molar-refractivity contribution is -0.115. The van der Waals surface area contributed by atoms with Crippen LogP contribution in [0.15, 0.2) is 65.6 Å². The number of methoxy groups -OCH3 is 1. The number of hydrogen-bond donors (Lipinski definition) is 2. The van der Waals surface area contributed by atoms with Gasteiger partial charge in [0, 0.05) is 42.8 Å². The molecule has 1 aliphatic heterocycles. The predicted molar refractivity (Wildman–Crippen MR) is 148 cm³/mol. The zero-order valence-electron chi connectivity index (χ0n) is 21.3. The molecule has 0 atom stereocenters. The van der Waals surface area contributed by atoms with E-state index in [0.717, 1.165) is 11.6 Å². The third kappa shape index (κ3) is 6.06. The van der Waals surface area contributed by atoms with Crippen LogP contribution in [0, 0.1) is 0 Å². The minimum atomic E-state index is -4.03. The fraction of sp³-hybridized carbons (Fsp3) is 0.214. The van der Waals surface area contributed by atoms with E-state index >= 15 is 0 Å². The van der Waals surface area contributed by atoms with Crippen LogP contribution in [0.4, 0.5) is 11.4 Å². The van der Waals surface area contributed by atoms with Crippen LogP contribution in [-0.2, 0) is 26.0 Å². The normalized spacial score (nSPS) is 12.6. The summed E-state index contributed by atoms with van der Waals surface area (Å²) >= 11 is 6.08. The van der Waals surface area contributed by atoms with Crippen LogP contribution in [0.2, 0.25) is 5.02 Å². The number of anilines is 2. The van der Waals surface area contributed by atoms with Gasteiger partial charge in [-0.05, 0) is 66.9 Å². The minimum absolute atomic E-state index is 0.0311. The molecule has 0 saturated heterocycles. The molecule has 0 aromatic heterocycles. The van der Waals surface area contributed by atoms with E-state index in [4.69, 9.17) is 16.3 Å². The average molecular weight is 585 g/mol. The van der Waals surface area contributed by atoms with Crippen molar-refractivity contribution in [1.29, 1.82) is 0 Å². The number of Topliss-reactive ketones (excluding diaryl/α,β-unsaturated/α-hetero) is 2. The summed E-state index contributed by atoms with van der Waals surface area (Å²) in [6, 6.07) is 13.9. The van der Waals surface area contributed by atoms with Crippen molar-refractivity contribution in [3.05, 3.63) is 87.9 Å². The maximum Gasteiger partial charge on any atom is 0.337 e. The molecule has 0 spiro atoms. The molecule has 1 amide bonds. The first-order chi connectivity index (χ1) is 19.0. The van der Waals surface area contributed by atoms with Crippen LogP contribution in [0.5, 0.6) is 0 Å². The topological polar surface area (TPSA) is 147 Å². The molecule has 3 aromatic carbocycles. The number of carboxylic acids is 1. The highest BCUT2D eigenvalue weighted by Crippen LogP contribution is 2.35. The van der Waals surface area contributed by atoms with Crippen LogP contribution in [0.1, 0.15) is 49.5 Å². The highest BCUT2D eigenvalue weighted by Gasteiger charge is 2.31. The number of rotatable bonds is 11. The fourth-order valence-electron chi connectivity index (χ4n) is 4.32. The molecule has 0 saturated carbocycles. The Morgan fingerprint density at radius 2 is 1.80 bits per heavy atom. The largest absolute Gasteiger partial charge is 0.478 e. The Kier molecular flexibility index (Phi) is 8.67. The average Bonchev–Trinajstić information content (AvgIpc) is 3.36. The number of ether oxygens (including phenoxy) is 1. The molecule has 3 aromatic rings. The van der Waals surface area contributed by atoms with Crippen molar-refractivity contribution in [2.24, 2.45) is 0 Å². The molecule has 10 nitrogen and oxygen atoms in total. The number of ketones is 2. The molecule has 0 fully saturated rings. The van der Waals surface area contributed by atoms with Gasteiger partial charge >= 0.3 is 5.97 Å². The van der Waals surface area contributed by atoms with E-state index in [1.165, 1.54) is 47.8 Å². The van der Waals surface area contributed by atoms with Gasteiger partial charge in [0.25, 0.3) is 15.9 Å². The number of nitrogens with one attached hydrogen (secondary N) is 1. The van der Waals surface area contributed by atoms with E-state index in [1.54, 1.807) is 18.2 Å². The number of amides is 1. The fourth-order valence-corrected chi connectivity index (χ4v) is 6.02. The first kappa shape index (κ1) is 28.9. The maximum atomic E-state index is 13.4. The summed E-state index contributed by atoms with van der Waals surface area (Å²) < 4.78 is 33.0. The molecular formula is C28H25ClN2O8S. The Hall–Kier alpha value is -4.06. The van der Waals surface area contributed by atoms with Gasteiger partial charge in [0.2, 0.25) is 11.6 Å². The second-order valence-electron chi connectivity index (χ2n) is 9.00. The highest BCUT2D eigenvalue weighted by atomic mass is 35.5. The molecule has 4 rings (SSSR count). The maximum absolute atomic E-state index is 13.4. The minimum Gasteiger partial charge on any atom is -0.478 e. The number of benzene rings is 3. The van der Waals surface area contributed by atoms with E-state index in [2.05, 4.69) is 5.32 Å². The van der Waals surface area contributed by atoms with Crippen molar-refractivity contribution < 1.29 is 37.4 Å². The second kappa shape index (κ2) is 12.0. The second-order valence-corrected chi connectivity index (χ2v) is 11.3. The number of fused-ring (bicyclic) bond motifs is 1. The van der Waals surface area contributed by atoms with E-state index in [1.807, 2.05) is 0 Å². The molecular weight excluding hydrogens is 560 g/mol. The summed E-state index contributed by atoms with van der Waals surface area (Å²) in [5.74, 6) is -3.73. The summed E-state index contributed by atoms with van der Waals surface area (Å²) in [4.78, 5) is 49.4. The lowest BCUT2D eigenvalue weighted by Gasteiger charge is -2.20. The van der Waals surface area contributed by atoms with E-state index in [0.29, 0.717) is 30.2 Å². The molecule has 1 aliphatic rings. The van der Waals surface area contributed by atoms with Crippen molar-refractivity contribution in [3.63, 3.8) is 0 Å². The van der Waals surface area contributed by atoms with Gasteiger partial charge in [-0.15, -0.1) is 0 Å². The number of carbonyl (C=O) groups is 4. The van der Waals surface area contributed by atoms with Crippen LogP contribution in [-0.4, -0.2) is 57.2 Å². The van der Waals surface area contributed by atoms with E-state index in [-0.39, 0.29) is 34.7 Å². The molecule has 1 heterocycles. The number of halogens is 1. The molecule has 2 N–H and O–H groups in total. The number of aromatic carboxylic acids is 1. The van der Waals surface area contributed by atoms with Gasteiger partial charge in [0.1, 0.15) is 0 Å². The Morgan fingerprint density at radius 3 is 2.52 bits per heavy atom. The lowest BCUT2D eigenvalue weighted by Crippen LogP contribution is -2.29. The molecule has 0 radical (unpaired) electrons. The third-order valence-electron chi connectivity index (χ3n) is 6.35. The Labute approximate surface area is 235 Å². The smallest absolute Gasteiger partial charge is 0.337 e. The summed E-state index contributed by atoms with van der Waals surface area (Å²) in [7, 11) is -2.56. The molecule has 0 unspecified atom stereocenters. The zero-order chi connectivity index (χ0) is 29.0. The summed E-state index contributed by atoms with van der Waals surface area (Å²) in [5, 5.41) is 12.5. The van der Waals surface area contributed by atoms with Crippen LogP contribution in [0.25, 0.3) is 0 Å². The van der Waals surface area contributed by atoms with Gasteiger partial charge < -0.3 is 15.2 Å². The number of nitrogens with zero attached hydrogens (tertiary/aromatic N) is 1. The van der Waals surface area contributed by atoms with Gasteiger partial charge in [-0.3, -0.25) is 18.7 Å². The first-order valence-corrected chi connectivity index (χ1v) is 14.0. The van der Waals surface area contributed by atoms with Crippen molar-refractivity contribution in [2.45, 2.75) is 24.2 Å². The standard InChI is InChI=1S/C28H25ClN2O8S/c1-39-13-3-6-25(32)26(33)18-8-10-23(22(15-18)28(35)36)30-27(34)19-4-2-5-21(14-19)40(37,38)31-12-11-17-7-9-20(29)16-24(17)31/h2,4-5,7-10,14-16H,3,6,11-13H2,1H3,(H,30,34)(H,35,36). The van der Waals surface area contributed by atoms with Crippen molar-refractivity contribution in [1.82, 2.24) is 0 Å². The summed E-state index contributed by atoms with van der Waals surface area (Å²) in [5.41, 5.74) is 0.616. The Balaban J connectivity index is 1.56. The van der Waals surface area contributed by atoms with Gasteiger partial charge in [0.15, 0.2) is 0 Å². The first-order valence-electron chi connectivity index (χ1n) is 12.2. The third-order valence-corrected chi connectivity index (χ3v) is 8.39. The molecule has 12 heteroatoms. The number of sulfonamides is 1. The Morgan fingerprint density at radius 1 is 1.02 bits per heavy atom. The van der Waals surface area contributed by atoms with Crippen molar-refractivity contribution in [3.8, 4) is 0 Å². The van der Waals surface area contributed by atoms with Gasteiger partial charge in [-0.1, -0.05) is 23.7 Å². The Bertz CT molecular complexity index is 1620. The number of carboxylic acid groups (broad SMARTS) is 1. The number of hydrogen-bond acceptors (Lipinski definition) is 7. The van der Waals surface area contributed by atoms with Crippen LogP contribution >= 0.6 is 11.6 Å². The zero-order valence-corrected chi connectivity index (χ0v) is 22.9. The molecule has 208 valence electrons. The quantitative estimate of drug-likeness (QED) is 0.193.